The topological polar surface area (TPSA) is 87.4 Å². The SMILES string of the molecule is COc1cc(N)c(Cl)cc1C(=O)NC1CC[N+]([O-])(Cc2ccccc2)CC1. The number of halogens is 1. The lowest BCUT2D eigenvalue weighted by Gasteiger charge is -2.47. The number of methoxy groups -OCH3 is 1. The van der Waals surface area contributed by atoms with Crippen molar-refractivity contribution in [3.63, 3.8) is 0 Å². The zero-order valence-electron chi connectivity index (χ0n) is 15.3. The van der Waals surface area contributed by atoms with Gasteiger partial charge in [-0.1, -0.05) is 41.9 Å². The molecule has 1 fully saturated rings. The second kappa shape index (κ2) is 8.17. The molecule has 0 bridgehead atoms. The Morgan fingerprint density at radius 1 is 1.30 bits per heavy atom. The average molecular weight is 390 g/mol. The van der Waals surface area contributed by atoms with Gasteiger partial charge in [-0.15, -0.1) is 0 Å². The zero-order valence-corrected chi connectivity index (χ0v) is 16.0. The summed E-state index contributed by atoms with van der Waals surface area (Å²) in [6.07, 6.45) is 1.26. The Labute approximate surface area is 164 Å². The maximum atomic E-state index is 12.9. The second-order valence-corrected chi connectivity index (χ2v) is 7.38. The summed E-state index contributed by atoms with van der Waals surface area (Å²) in [5.41, 5.74) is 7.50. The molecule has 0 atom stereocenters. The predicted octanol–water partition coefficient (Wildman–Crippen LogP) is 3.34. The van der Waals surface area contributed by atoms with Crippen molar-refractivity contribution in [2.75, 3.05) is 25.9 Å². The molecule has 3 N–H and O–H groups in total. The third-order valence-corrected chi connectivity index (χ3v) is 5.31. The summed E-state index contributed by atoms with van der Waals surface area (Å²) in [4.78, 5) is 12.6. The van der Waals surface area contributed by atoms with E-state index in [4.69, 9.17) is 22.1 Å². The number of carbonyl (C=O) groups is 1. The smallest absolute Gasteiger partial charge is 0.255 e. The van der Waals surface area contributed by atoms with E-state index < -0.39 is 0 Å². The molecule has 0 unspecified atom stereocenters. The minimum atomic E-state index is -0.271. The Morgan fingerprint density at radius 2 is 1.96 bits per heavy atom. The Balaban J connectivity index is 1.61. The number of likely N-dealkylation sites (tertiary alicyclic amines) is 1. The van der Waals surface area contributed by atoms with E-state index in [0.29, 0.717) is 54.5 Å². The van der Waals surface area contributed by atoms with E-state index >= 15 is 0 Å². The van der Waals surface area contributed by atoms with Gasteiger partial charge in [-0.2, -0.15) is 0 Å². The van der Waals surface area contributed by atoms with Gasteiger partial charge in [-0.3, -0.25) is 4.79 Å². The van der Waals surface area contributed by atoms with Crippen molar-refractivity contribution in [3.05, 3.63) is 63.8 Å². The molecule has 0 radical (unpaired) electrons. The van der Waals surface area contributed by atoms with Crippen molar-refractivity contribution in [1.82, 2.24) is 5.32 Å². The van der Waals surface area contributed by atoms with Crippen LogP contribution in [0.1, 0.15) is 28.8 Å². The average Bonchev–Trinajstić information content (AvgIpc) is 2.66. The first kappa shape index (κ1) is 19.5. The summed E-state index contributed by atoms with van der Waals surface area (Å²) in [5.74, 6) is 0.107. The van der Waals surface area contributed by atoms with E-state index in [2.05, 4.69) is 5.32 Å². The fourth-order valence-electron chi connectivity index (χ4n) is 3.44. The first-order chi connectivity index (χ1) is 12.9. The summed E-state index contributed by atoms with van der Waals surface area (Å²) in [5, 5.41) is 16.2. The number of amides is 1. The number of piperidine rings is 1. The number of anilines is 1. The molecule has 7 heteroatoms. The van der Waals surface area contributed by atoms with E-state index in [-0.39, 0.29) is 16.6 Å². The van der Waals surface area contributed by atoms with Gasteiger partial charge in [0, 0.05) is 30.5 Å². The highest BCUT2D eigenvalue weighted by molar-refractivity contribution is 6.33. The van der Waals surface area contributed by atoms with E-state index in [0.717, 1.165) is 5.56 Å². The Kier molecular flexibility index (Phi) is 5.89. The monoisotopic (exact) mass is 389 g/mol. The summed E-state index contributed by atoms with van der Waals surface area (Å²) < 4.78 is 4.98. The number of nitrogens with zero attached hydrogens (tertiary/aromatic N) is 1. The third kappa shape index (κ3) is 4.71. The fraction of sp³-hybridized carbons (Fsp3) is 0.350. The molecular weight excluding hydrogens is 366 g/mol. The molecule has 0 saturated carbocycles. The summed E-state index contributed by atoms with van der Waals surface area (Å²) in [6.45, 7) is 1.40. The third-order valence-electron chi connectivity index (χ3n) is 4.98. The predicted molar refractivity (Wildman–Crippen MR) is 106 cm³/mol. The van der Waals surface area contributed by atoms with E-state index in [1.165, 1.54) is 19.2 Å². The summed E-state index contributed by atoms with van der Waals surface area (Å²) >= 11 is 6.04. The number of benzene rings is 2. The number of rotatable bonds is 5. The molecule has 3 rings (SSSR count). The minimum absolute atomic E-state index is 0.0468. The number of hydrogen-bond donors (Lipinski definition) is 2. The Hall–Kier alpha value is -2.28. The van der Waals surface area contributed by atoms with Gasteiger partial charge in [0.25, 0.3) is 5.91 Å². The van der Waals surface area contributed by atoms with Gasteiger partial charge < -0.3 is 25.6 Å². The maximum absolute atomic E-state index is 12.9. The first-order valence-corrected chi connectivity index (χ1v) is 9.33. The molecule has 2 aromatic rings. The van der Waals surface area contributed by atoms with Crippen molar-refractivity contribution < 1.29 is 14.2 Å². The van der Waals surface area contributed by atoms with Gasteiger partial charge in [0.15, 0.2) is 0 Å². The molecule has 0 aliphatic carbocycles. The number of nitrogens with two attached hydrogens (primary N) is 1. The number of ether oxygens (including phenoxy) is 1. The van der Waals surface area contributed by atoms with E-state index in [1.54, 1.807) is 0 Å². The molecule has 1 aliphatic rings. The molecule has 0 aromatic heterocycles. The van der Waals surface area contributed by atoms with E-state index in [1.807, 2.05) is 30.3 Å². The number of hydrogen-bond acceptors (Lipinski definition) is 4. The normalized spacial score (nSPS) is 22.3. The van der Waals surface area contributed by atoms with Gasteiger partial charge in [0.2, 0.25) is 0 Å². The number of carbonyl (C=O) groups excluding carboxylic acids is 1. The lowest BCUT2D eigenvalue weighted by atomic mass is 10.0. The van der Waals surface area contributed by atoms with E-state index in [9.17, 15) is 10.0 Å². The van der Waals surface area contributed by atoms with Crippen molar-refractivity contribution in [2.45, 2.75) is 25.4 Å². The van der Waals surface area contributed by atoms with Gasteiger partial charge in [0.05, 0.1) is 36.5 Å². The molecule has 1 aliphatic heterocycles. The number of quaternary nitrogens is 1. The first-order valence-electron chi connectivity index (χ1n) is 8.95. The maximum Gasteiger partial charge on any atom is 0.255 e. The highest BCUT2D eigenvalue weighted by atomic mass is 35.5. The Morgan fingerprint density at radius 3 is 2.59 bits per heavy atom. The molecule has 2 aromatic carbocycles. The van der Waals surface area contributed by atoms with Crippen LogP contribution in [0.4, 0.5) is 5.69 Å². The molecular formula is C20H24ClN3O3. The largest absolute Gasteiger partial charge is 0.633 e. The molecule has 144 valence electrons. The van der Waals surface area contributed by atoms with Crippen LogP contribution >= 0.6 is 11.6 Å². The molecule has 1 heterocycles. The fourth-order valence-corrected chi connectivity index (χ4v) is 3.60. The highest BCUT2D eigenvalue weighted by Crippen LogP contribution is 2.29. The van der Waals surface area contributed by atoms with Crippen LogP contribution in [0.3, 0.4) is 0 Å². The van der Waals surface area contributed by atoms with Crippen LogP contribution in [0.5, 0.6) is 5.75 Å². The van der Waals surface area contributed by atoms with Gasteiger partial charge in [-0.05, 0) is 6.07 Å². The van der Waals surface area contributed by atoms with Crippen LogP contribution in [0.15, 0.2) is 42.5 Å². The standard InChI is InChI=1S/C20H24ClN3O3/c1-27-19-12-18(22)17(21)11-16(19)20(25)23-15-7-9-24(26,10-8-15)13-14-5-3-2-4-6-14/h2-6,11-12,15H,7-10,13,22H2,1H3,(H,23,25). The van der Waals surface area contributed by atoms with Crippen LogP contribution in [0.2, 0.25) is 5.02 Å². The lowest BCUT2D eigenvalue weighted by molar-refractivity contribution is -0.898. The number of nitrogen functional groups attached to an aromatic ring is 1. The zero-order chi connectivity index (χ0) is 19.4. The quantitative estimate of drug-likeness (QED) is 0.466. The van der Waals surface area contributed by atoms with Gasteiger partial charge in [-0.25, -0.2) is 0 Å². The van der Waals surface area contributed by atoms with Crippen molar-refractivity contribution in [1.29, 1.82) is 0 Å². The van der Waals surface area contributed by atoms with Crippen LogP contribution in [-0.2, 0) is 6.54 Å². The van der Waals surface area contributed by atoms with Crippen molar-refractivity contribution in [2.24, 2.45) is 0 Å². The molecule has 6 nitrogen and oxygen atoms in total. The van der Waals surface area contributed by atoms with Gasteiger partial charge in [0.1, 0.15) is 12.3 Å². The summed E-state index contributed by atoms with van der Waals surface area (Å²) in [6, 6.07) is 12.8. The molecule has 1 amide bonds. The Bertz CT molecular complexity index is 806. The molecule has 27 heavy (non-hydrogen) atoms. The highest BCUT2D eigenvalue weighted by Gasteiger charge is 2.29. The van der Waals surface area contributed by atoms with Gasteiger partial charge >= 0.3 is 0 Å². The lowest BCUT2D eigenvalue weighted by Crippen LogP contribution is -2.52. The van der Waals surface area contributed by atoms with Crippen LogP contribution in [0, 0.1) is 5.21 Å². The minimum Gasteiger partial charge on any atom is -0.633 e. The number of nitrogens with one attached hydrogen (secondary N) is 1. The second-order valence-electron chi connectivity index (χ2n) is 6.97. The van der Waals surface area contributed by atoms with Crippen LogP contribution in [0.25, 0.3) is 0 Å². The van der Waals surface area contributed by atoms with Crippen molar-refractivity contribution in [3.8, 4) is 5.75 Å². The van der Waals surface area contributed by atoms with Crippen LogP contribution in [-0.4, -0.2) is 36.8 Å². The van der Waals surface area contributed by atoms with Crippen LogP contribution < -0.4 is 15.8 Å². The van der Waals surface area contributed by atoms with Crippen molar-refractivity contribution >= 4 is 23.2 Å². The summed E-state index contributed by atoms with van der Waals surface area (Å²) in [7, 11) is 1.48. The molecule has 1 saturated heterocycles. The molecule has 0 spiro atoms. The number of hydroxylamine groups is 3.